The zero-order chi connectivity index (χ0) is 16.8. The standard InChI is InChI=1S/C14H12ClN3O5/c1-22-12-7-9(18(20)21)4-5-10(12)17-13(19)8-23-11-3-2-6-16-14(11)15/h2-7H,8H2,1H3,(H,17,19). The molecule has 0 saturated carbocycles. The van der Waals surface area contributed by atoms with Crippen LogP contribution < -0.4 is 14.8 Å². The minimum Gasteiger partial charge on any atom is -0.494 e. The molecule has 9 heteroatoms. The number of rotatable bonds is 6. The monoisotopic (exact) mass is 337 g/mol. The molecular weight excluding hydrogens is 326 g/mol. The van der Waals surface area contributed by atoms with Crippen LogP contribution in [0.4, 0.5) is 11.4 Å². The summed E-state index contributed by atoms with van der Waals surface area (Å²) in [5.74, 6) is -0.0241. The number of ether oxygens (including phenoxy) is 2. The van der Waals surface area contributed by atoms with Crippen LogP contribution in [-0.2, 0) is 4.79 Å². The van der Waals surface area contributed by atoms with Crippen LogP contribution in [-0.4, -0.2) is 29.5 Å². The van der Waals surface area contributed by atoms with Gasteiger partial charge in [0.15, 0.2) is 17.5 Å². The van der Waals surface area contributed by atoms with Gasteiger partial charge in [0.2, 0.25) is 0 Å². The number of anilines is 1. The van der Waals surface area contributed by atoms with Gasteiger partial charge in [-0.3, -0.25) is 14.9 Å². The molecule has 0 unspecified atom stereocenters. The van der Waals surface area contributed by atoms with Crippen LogP contribution in [0.5, 0.6) is 11.5 Å². The highest BCUT2D eigenvalue weighted by Gasteiger charge is 2.14. The van der Waals surface area contributed by atoms with E-state index < -0.39 is 10.8 Å². The number of nitrogens with one attached hydrogen (secondary N) is 1. The Bertz CT molecular complexity index is 738. The predicted molar refractivity (Wildman–Crippen MR) is 83.0 cm³/mol. The number of nitro groups is 1. The molecule has 120 valence electrons. The predicted octanol–water partition coefficient (Wildman–Crippen LogP) is 2.67. The van der Waals surface area contributed by atoms with Crippen LogP contribution in [0.15, 0.2) is 36.5 Å². The third-order valence-corrected chi connectivity index (χ3v) is 3.04. The Balaban J connectivity index is 2.03. The van der Waals surface area contributed by atoms with Gasteiger partial charge in [0, 0.05) is 12.3 Å². The van der Waals surface area contributed by atoms with E-state index in [9.17, 15) is 14.9 Å². The number of hydrogen-bond acceptors (Lipinski definition) is 6. The van der Waals surface area contributed by atoms with Crippen LogP contribution in [0, 0.1) is 10.1 Å². The Morgan fingerprint density at radius 1 is 1.39 bits per heavy atom. The molecule has 0 spiro atoms. The first-order valence-corrected chi connectivity index (χ1v) is 6.74. The zero-order valence-electron chi connectivity index (χ0n) is 12.0. The second-order valence-electron chi connectivity index (χ2n) is 4.27. The molecule has 0 aliphatic rings. The SMILES string of the molecule is COc1cc([N+](=O)[O-])ccc1NC(=O)COc1cccnc1Cl. The average molecular weight is 338 g/mol. The highest BCUT2D eigenvalue weighted by Crippen LogP contribution is 2.29. The van der Waals surface area contributed by atoms with Crippen molar-refractivity contribution in [2.75, 3.05) is 19.0 Å². The molecule has 0 aliphatic carbocycles. The lowest BCUT2D eigenvalue weighted by molar-refractivity contribution is -0.384. The Morgan fingerprint density at radius 3 is 2.83 bits per heavy atom. The first-order valence-electron chi connectivity index (χ1n) is 6.37. The van der Waals surface area contributed by atoms with Gasteiger partial charge in [0.25, 0.3) is 11.6 Å². The van der Waals surface area contributed by atoms with Crippen molar-refractivity contribution < 1.29 is 19.2 Å². The maximum Gasteiger partial charge on any atom is 0.273 e. The number of amides is 1. The highest BCUT2D eigenvalue weighted by molar-refractivity contribution is 6.30. The summed E-state index contributed by atoms with van der Waals surface area (Å²) < 4.78 is 10.3. The summed E-state index contributed by atoms with van der Waals surface area (Å²) in [4.78, 5) is 25.9. The van der Waals surface area contributed by atoms with Crippen molar-refractivity contribution >= 4 is 28.9 Å². The first kappa shape index (κ1) is 16.5. The van der Waals surface area contributed by atoms with E-state index in [1.54, 1.807) is 12.1 Å². The van der Waals surface area contributed by atoms with E-state index in [2.05, 4.69) is 10.3 Å². The summed E-state index contributed by atoms with van der Waals surface area (Å²) >= 11 is 5.81. The van der Waals surface area contributed by atoms with Crippen molar-refractivity contribution in [3.63, 3.8) is 0 Å². The van der Waals surface area contributed by atoms with E-state index in [1.165, 1.54) is 31.5 Å². The van der Waals surface area contributed by atoms with Gasteiger partial charge in [0.05, 0.1) is 23.8 Å². The first-order chi connectivity index (χ1) is 11.0. The largest absolute Gasteiger partial charge is 0.494 e. The van der Waals surface area contributed by atoms with Crippen molar-refractivity contribution in [3.8, 4) is 11.5 Å². The minimum absolute atomic E-state index is 0.141. The number of aromatic nitrogens is 1. The molecule has 0 atom stereocenters. The molecule has 0 saturated heterocycles. The van der Waals surface area contributed by atoms with Gasteiger partial charge in [0.1, 0.15) is 5.75 Å². The number of methoxy groups -OCH3 is 1. The number of carbonyl (C=O) groups is 1. The Morgan fingerprint density at radius 2 is 2.17 bits per heavy atom. The van der Waals surface area contributed by atoms with Crippen LogP contribution in [0.3, 0.4) is 0 Å². The molecular formula is C14H12ClN3O5. The smallest absolute Gasteiger partial charge is 0.273 e. The van der Waals surface area contributed by atoms with Gasteiger partial charge in [-0.1, -0.05) is 11.6 Å². The Labute approximate surface area is 136 Å². The van der Waals surface area contributed by atoms with Gasteiger partial charge in [-0.2, -0.15) is 0 Å². The number of nitrogens with zero attached hydrogens (tertiary/aromatic N) is 2. The number of halogens is 1. The molecule has 0 radical (unpaired) electrons. The van der Waals surface area contributed by atoms with E-state index in [4.69, 9.17) is 21.1 Å². The number of benzene rings is 1. The molecule has 1 aromatic carbocycles. The normalized spacial score (nSPS) is 10.0. The van der Waals surface area contributed by atoms with Crippen molar-refractivity contribution in [1.82, 2.24) is 4.98 Å². The molecule has 2 aromatic rings. The van der Waals surface area contributed by atoms with E-state index in [1.807, 2.05) is 0 Å². The van der Waals surface area contributed by atoms with Crippen LogP contribution >= 0.6 is 11.6 Å². The molecule has 0 fully saturated rings. The quantitative estimate of drug-likeness (QED) is 0.493. The summed E-state index contributed by atoms with van der Waals surface area (Å²) in [6.45, 7) is -0.300. The van der Waals surface area contributed by atoms with E-state index >= 15 is 0 Å². The number of pyridine rings is 1. The lowest BCUT2D eigenvalue weighted by Crippen LogP contribution is -2.20. The zero-order valence-corrected chi connectivity index (χ0v) is 12.7. The molecule has 1 N–H and O–H groups in total. The number of nitro benzene ring substituents is 1. The van der Waals surface area contributed by atoms with Gasteiger partial charge < -0.3 is 14.8 Å². The topological polar surface area (TPSA) is 104 Å². The maximum atomic E-state index is 11.9. The molecule has 23 heavy (non-hydrogen) atoms. The van der Waals surface area contributed by atoms with E-state index in [-0.39, 0.29) is 28.9 Å². The van der Waals surface area contributed by atoms with Crippen LogP contribution in [0.25, 0.3) is 0 Å². The van der Waals surface area contributed by atoms with Crippen LogP contribution in [0.2, 0.25) is 5.15 Å². The second-order valence-corrected chi connectivity index (χ2v) is 4.63. The summed E-state index contributed by atoms with van der Waals surface area (Å²) in [5, 5.41) is 13.4. The molecule has 0 bridgehead atoms. The van der Waals surface area contributed by atoms with E-state index in [0.717, 1.165) is 0 Å². The summed E-state index contributed by atoms with van der Waals surface area (Å²) in [5.41, 5.74) is 0.155. The molecule has 2 rings (SSSR count). The second kappa shape index (κ2) is 7.41. The highest BCUT2D eigenvalue weighted by atomic mass is 35.5. The summed E-state index contributed by atoms with van der Waals surface area (Å²) in [6.07, 6.45) is 1.50. The number of carbonyl (C=O) groups excluding carboxylic acids is 1. The average Bonchev–Trinajstić information content (AvgIpc) is 2.54. The van der Waals surface area contributed by atoms with Crippen LogP contribution in [0.1, 0.15) is 0 Å². The Kier molecular flexibility index (Phi) is 5.32. The Hall–Kier alpha value is -2.87. The van der Waals surface area contributed by atoms with Gasteiger partial charge >= 0.3 is 0 Å². The van der Waals surface area contributed by atoms with Crippen molar-refractivity contribution in [1.29, 1.82) is 0 Å². The maximum absolute atomic E-state index is 11.9. The summed E-state index contributed by atoms with van der Waals surface area (Å²) in [7, 11) is 1.35. The number of non-ortho nitro benzene ring substituents is 1. The third kappa shape index (κ3) is 4.30. The fourth-order valence-electron chi connectivity index (χ4n) is 1.71. The molecule has 1 heterocycles. The van der Waals surface area contributed by atoms with Crippen molar-refractivity contribution in [3.05, 3.63) is 51.8 Å². The fourth-order valence-corrected chi connectivity index (χ4v) is 1.88. The fraction of sp³-hybridized carbons (Fsp3) is 0.143. The minimum atomic E-state index is -0.554. The molecule has 8 nitrogen and oxygen atoms in total. The van der Waals surface area contributed by atoms with Crippen molar-refractivity contribution in [2.24, 2.45) is 0 Å². The van der Waals surface area contributed by atoms with Gasteiger partial charge in [-0.15, -0.1) is 0 Å². The van der Waals surface area contributed by atoms with Gasteiger partial charge in [-0.05, 0) is 18.2 Å². The third-order valence-electron chi connectivity index (χ3n) is 2.75. The van der Waals surface area contributed by atoms with Crippen molar-refractivity contribution in [2.45, 2.75) is 0 Å². The molecule has 1 aromatic heterocycles. The van der Waals surface area contributed by atoms with E-state index in [0.29, 0.717) is 5.69 Å². The molecule has 0 aliphatic heterocycles. The number of hydrogen-bond donors (Lipinski definition) is 1. The van der Waals surface area contributed by atoms with Gasteiger partial charge in [-0.25, -0.2) is 4.98 Å². The lowest BCUT2D eigenvalue weighted by atomic mass is 10.2. The summed E-state index contributed by atoms with van der Waals surface area (Å²) in [6, 6.07) is 7.06. The lowest BCUT2D eigenvalue weighted by Gasteiger charge is -2.11. The molecule has 1 amide bonds.